The molecular formula is C13H21NO3. The number of hydrogen-bond acceptors (Lipinski definition) is 2. The largest absolute Gasteiger partial charge is 0.480 e. The van der Waals surface area contributed by atoms with Gasteiger partial charge in [-0.3, -0.25) is 4.79 Å². The van der Waals surface area contributed by atoms with Crippen molar-refractivity contribution in [1.82, 2.24) is 5.32 Å². The van der Waals surface area contributed by atoms with Gasteiger partial charge in [0.05, 0.1) is 0 Å². The van der Waals surface area contributed by atoms with Gasteiger partial charge in [-0.25, -0.2) is 4.79 Å². The van der Waals surface area contributed by atoms with Crippen LogP contribution in [-0.2, 0) is 9.59 Å². The van der Waals surface area contributed by atoms with Gasteiger partial charge in [0.15, 0.2) is 0 Å². The average molecular weight is 239 g/mol. The predicted molar refractivity (Wildman–Crippen MR) is 66.4 cm³/mol. The Bertz CT molecular complexity index is 306. The van der Waals surface area contributed by atoms with Crippen LogP contribution in [0.25, 0.3) is 0 Å². The summed E-state index contributed by atoms with van der Waals surface area (Å²) in [5, 5.41) is 11.7. The zero-order valence-corrected chi connectivity index (χ0v) is 10.6. The summed E-state index contributed by atoms with van der Waals surface area (Å²) in [6, 6.07) is 0. The molecule has 2 N–H and O–H groups in total. The van der Waals surface area contributed by atoms with E-state index in [0.717, 1.165) is 6.42 Å². The van der Waals surface area contributed by atoms with Crippen LogP contribution in [0.2, 0.25) is 0 Å². The fraction of sp³-hybridized carbons (Fsp3) is 0.692. The Labute approximate surface area is 103 Å². The van der Waals surface area contributed by atoms with Crippen molar-refractivity contribution >= 4 is 11.9 Å². The molecule has 0 aliphatic rings. The van der Waals surface area contributed by atoms with Crippen molar-refractivity contribution in [1.29, 1.82) is 0 Å². The molecule has 0 heterocycles. The predicted octanol–water partition coefficient (Wildman–Crippen LogP) is 1.94. The van der Waals surface area contributed by atoms with Crippen LogP contribution in [0.4, 0.5) is 0 Å². The average Bonchev–Trinajstić information content (AvgIpc) is 2.24. The summed E-state index contributed by atoms with van der Waals surface area (Å²) >= 11 is 0. The molecule has 4 heteroatoms. The molecule has 1 amide bonds. The summed E-state index contributed by atoms with van der Waals surface area (Å²) < 4.78 is 0. The molecule has 1 atom stereocenters. The molecule has 0 aliphatic heterocycles. The first-order valence-corrected chi connectivity index (χ1v) is 5.94. The van der Waals surface area contributed by atoms with Gasteiger partial charge in [-0.15, -0.1) is 12.3 Å². The monoisotopic (exact) mass is 239 g/mol. The lowest BCUT2D eigenvalue weighted by Crippen LogP contribution is -2.52. The lowest BCUT2D eigenvalue weighted by atomic mass is 9.96. The van der Waals surface area contributed by atoms with Crippen LogP contribution in [0.5, 0.6) is 0 Å². The quantitative estimate of drug-likeness (QED) is 0.502. The SMILES string of the molecule is C#CCCCCC(=O)NC(C)(CCC)C(=O)O. The molecule has 0 aliphatic carbocycles. The van der Waals surface area contributed by atoms with E-state index in [0.29, 0.717) is 32.1 Å². The Morgan fingerprint density at radius 2 is 2.06 bits per heavy atom. The second-order valence-corrected chi connectivity index (χ2v) is 4.35. The number of carbonyl (C=O) groups is 2. The maximum atomic E-state index is 11.6. The van der Waals surface area contributed by atoms with Crippen LogP contribution in [0.1, 0.15) is 52.4 Å². The van der Waals surface area contributed by atoms with Crippen LogP contribution in [0, 0.1) is 12.3 Å². The molecule has 0 spiro atoms. The Morgan fingerprint density at radius 3 is 2.53 bits per heavy atom. The molecule has 0 rings (SSSR count). The molecule has 0 aromatic heterocycles. The molecule has 17 heavy (non-hydrogen) atoms. The fourth-order valence-corrected chi connectivity index (χ4v) is 1.61. The van der Waals surface area contributed by atoms with Gasteiger partial charge in [0.25, 0.3) is 0 Å². The molecule has 0 bridgehead atoms. The third kappa shape index (κ3) is 5.96. The van der Waals surface area contributed by atoms with Crippen molar-refractivity contribution in [3.8, 4) is 12.3 Å². The maximum absolute atomic E-state index is 11.6. The van der Waals surface area contributed by atoms with Crippen LogP contribution >= 0.6 is 0 Å². The second kappa shape index (κ2) is 7.72. The number of unbranched alkanes of at least 4 members (excludes halogenated alkanes) is 2. The zero-order valence-electron chi connectivity index (χ0n) is 10.6. The van der Waals surface area contributed by atoms with Gasteiger partial charge in [-0.1, -0.05) is 13.3 Å². The third-order valence-corrected chi connectivity index (χ3v) is 2.61. The van der Waals surface area contributed by atoms with Crippen molar-refractivity contribution in [3.05, 3.63) is 0 Å². The number of carboxylic acids is 1. The Kier molecular flexibility index (Phi) is 7.04. The van der Waals surface area contributed by atoms with E-state index in [2.05, 4.69) is 11.2 Å². The topological polar surface area (TPSA) is 66.4 Å². The summed E-state index contributed by atoms with van der Waals surface area (Å²) in [5.41, 5.74) is -1.15. The molecule has 96 valence electrons. The summed E-state index contributed by atoms with van der Waals surface area (Å²) in [6.45, 7) is 3.43. The van der Waals surface area contributed by atoms with E-state index in [1.807, 2.05) is 6.92 Å². The standard InChI is InChI=1S/C13H21NO3/c1-4-6-7-8-9-11(15)14-13(3,10-5-2)12(16)17/h1H,5-10H2,2-3H3,(H,14,15)(H,16,17). The minimum atomic E-state index is -1.15. The molecule has 0 aromatic carbocycles. The van der Waals surface area contributed by atoms with Crippen molar-refractivity contribution in [2.75, 3.05) is 0 Å². The molecule has 0 saturated carbocycles. The van der Waals surface area contributed by atoms with Crippen molar-refractivity contribution < 1.29 is 14.7 Å². The van der Waals surface area contributed by atoms with Crippen molar-refractivity contribution in [2.45, 2.75) is 57.9 Å². The Balaban J connectivity index is 4.14. The zero-order chi connectivity index (χ0) is 13.3. The van der Waals surface area contributed by atoms with Crippen LogP contribution in [0.15, 0.2) is 0 Å². The van der Waals surface area contributed by atoms with E-state index in [1.165, 1.54) is 6.92 Å². The summed E-state index contributed by atoms with van der Waals surface area (Å²) in [6.07, 6.45) is 8.70. The van der Waals surface area contributed by atoms with Gasteiger partial charge in [0.1, 0.15) is 5.54 Å². The molecular weight excluding hydrogens is 218 g/mol. The number of amides is 1. The van der Waals surface area contributed by atoms with Gasteiger partial charge in [-0.05, 0) is 26.2 Å². The summed E-state index contributed by atoms with van der Waals surface area (Å²) in [7, 11) is 0. The van der Waals surface area contributed by atoms with Gasteiger partial charge in [0.2, 0.25) is 5.91 Å². The molecule has 0 radical (unpaired) electrons. The van der Waals surface area contributed by atoms with E-state index in [-0.39, 0.29) is 5.91 Å². The number of rotatable bonds is 8. The normalized spacial score (nSPS) is 13.5. The highest BCUT2D eigenvalue weighted by Gasteiger charge is 2.33. The van der Waals surface area contributed by atoms with E-state index in [4.69, 9.17) is 11.5 Å². The van der Waals surface area contributed by atoms with Gasteiger partial charge >= 0.3 is 5.97 Å². The van der Waals surface area contributed by atoms with Gasteiger partial charge in [-0.2, -0.15) is 0 Å². The highest BCUT2D eigenvalue weighted by atomic mass is 16.4. The fourth-order valence-electron chi connectivity index (χ4n) is 1.61. The Morgan fingerprint density at radius 1 is 1.41 bits per heavy atom. The highest BCUT2D eigenvalue weighted by molar-refractivity contribution is 5.86. The van der Waals surface area contributed by atoms with E-state index in [9.17, 15) is 9.59 Å². The number of carbonyl (C=O) groups excluding carboxylic acids is 1. The van der Waals surface area contributed by atoms with Crippen LogP contribution in [-0.4, -0.2) is 22.5 Å². The number of aliphatic carboxylic acids is 1. The third-order valence-electron chi connectivity index (χ3n) is 2.61. The first-order chi connectivity index (χ1) is 7.96. The number of terminal acetylenes is 1. The van der Waals surface area contributed by atoms with E-state index < -0.39 is 11.5 Å². The lowest BCUT2D eigenvalue weighted by Gasteiger charge is -2.25. The highest BCUT2D eigenvalue weighted by Crippen LogP contribution is 2.13. The summed E-state index contributed by atoms with van der Waals surface area (Å²) in [5.74, 6) is 1.29. The van der Waals surface area contributed by atoms with Crippen molar-refractivity contribution in [3.63, 3.8) is 0 Å². The van der Waals surface area contributed by atoms with Crippen LogP contribution in [0.3, 0.4) is 0 Å². The lowest BCUT2D eigenvalue weighted by molar-refractivity contribution is -0.147. The second-order valence-electron chi connectivity index (χ2n) is 4.35. The van der Waals surface area contributed by atoms with Gasteiger partial charge in [0, 0.05) is 12.8 Å². The number of nitrogens with one attached hydrogen (secondary N) is 1. The van der Waals surface area contributed by atoms with Gasteiger partial charge < -0.3 is 10.4 Å². The Hall–Kier alpha value is -1.50. The number of carboxylic acid groups (broad SMARTS) is 1. The molecule has 0 aromatic rings. The van der Waals surface area contributed by atoms with E-state index in [1.54, 1.807) is 0 Å². The molecule has 1 unspecified atom stereocenters. The molecule has 4 nitrogen and oxygen atoms in total. The van der Waals surface area contributed by atoms with Crippen LogP contribution < -0.4 is 5.32 Å². The first kappa shape index (κ1) is 15.5. The summed E-state index contributed by atoms with van der Waals surface area (Å²) in [4.78, 5) is 22.7. The maximum Gasteiger partial charge on any atom is 0.329 e. The van der Waals surface area contributed by atoms with Crippen molar-refractivity contribution in [2.24, 2.45) is 0 Å². The van der Waals surface area contributed by atoms with E-state index >= 15 is 0 Å². The molecule has 0 saturated heterocycles. The minimum Gasteiger partial charge on any atom is -0.480 e. The molecule has 0 fully saturated rings. The first-order valence-electron chi connectivity index (χ1n) is 5.94. The smallest absolute Gasteiger partial charge is 0.329 e. The number of hydrogen-bond donors (Lipinski definition) is 2. The minimum absolute atomic E-state index is 0.222.